The highest BCUT2D eigenvalue weighted by Gasteiger charge is 2.11. The van der Waals surface area contributed by atoms with Gasteiger partial charge < -0.3 is 9.84 Å². The van der Waals surface area contributed by atoms with Gasteiger partial charge in [0.2, 0.25) is 0 Å². The molecule has 0 radical (unpaired) electrons. The first-order valence-corrected chi connectivity index (χ1v) is 5.74. The lowest BCUT2D eigenvalue weighted by Crippen LogP contribution is -2.03. The minimum Gasteiger partial charge on any atom is -0.478 e. The van der Waals surface area contributed by atoms with E-state index < -0.39 is 11.9 Å². The minimum atomic E-state index is -1.03. The Hall–Kier alpha value is -1.81. The van der Waals surface area contributed by atoms with Crippen molar-refractivity contribution in [2.45, 2.75) is 20.3 Å². The van der Waals surface area contributed by atoms with Crippen LogP contribution in [0.5, 0.6) is 5.75 Å². The second-order valence-electron chi connectivity index (χ2n) is 3.56. The summed E-state index contributed by atoms with van der Waals surface area (Å²) in [5.74, 6) is -1.20. The average molecular weight is 269 g/mol. The van der Waals surface area contributed by atoms with Gasteiger partial charge in [-0.15, -0.1) is 0 Å². The molecule has 0 aliphatic rings. The van der Waals surface area contributed by atoms with Gasteiger partial charge >= 0.3 is 11.9 Å². The molecule has 0 fully saturated rings. The predicted octanol–water partition coefficient (Wildman–Crippen LogP) is 2.93. The number of carboxylic acid groups (broad SMARTS) is 1. The molecule has 0 unspecified atom stereocenters. The quantitative estimate of drug-likeness (QED) is 0.518. The van der Waals surface area contributed by atoms with E-state index in [1.54, 1.807) is 12.1 Å². The number of carbonyl (C=O) groups is 2. The summed E-state index contributed by atoms with van der Waals surface area (Å²) in [5.41, 5.74) is 1.44. The van der Waals surface area contributed by atoms with E-state index in [9.17, 15) is 9.59 Å². The zero-order chi connectivity index (χ0) is 13.7. The molecule has 0 saturated heterocycles. The lowest BCUT2D eigenvalue weighted by atomic mass is 10.0. The van der Waals surface area contributed by atoms with Crippen molar-refractivity contribution in [3.63, 3.8) is 0 Å². The van der Waals surface area contributed by atoms with Crippen molar-refractivity contribution in [2.75, 3.05) is 0 Å². The third kappa shape index (κ3) is 3.60. The molecule has 0 heterocycles. The summed E-state index contributed by atoms with van der Waals surface area (Å²) in [4.78, 5) is 21.4. The Morgan fingerprint density at radius 1 is 1.44 bits per heavy atom. The second-order valence-corrected chi connectivity index (χ2v) is 3.94. The third-order valence-electron chi connectivity index (χ3n) is 2.26. The molecular formula is C13H13ClO4. The maximum atomic E-state index is 10.9. The van der Waals surface area contributed by atoms with E-state index >= 15 is 0 Å². The predicted molar refractivity (Wildman–Crippen MR) is 68.8 cm³/mol. The third-order valence-corrected chi connectivity index (χ3v) is 2.67. The molecule has 0 bridgehead atoms. The summed E-state index contributed by atoms with van der Waals surface area (Å²) < 4.78 is 4.96. The maximum Gasteiger partial charge on any atom is 0.328 e. The summed E-state index contributed by atoms with van der Waals surface area (Å²) in [6.07, 6.45) is 3.11. The summed E-state index contributed by atoms with van der Waals surface area (Å²) in [6.45, 7) is 3.18. The van der Waals surface area contributed by atoms with Crippen LogP contribution >= 0.6 is 11.6 Å². The zero-order valence-electron chi connectivity index (χ0n) is 10.1. The number of halogens is 1. The monoisotopic (exact) mass is 268 g/mol. The molecule has 1 aromatic carbocycles. The SMILES string of the molecule is CCc1c(C=CC(=O)O)ccc(OC(C)=O)c1Cl. The smallest absolute Gasteiger partial charge is 0.328 e. The molecule has 1 rings (SSSR count). The van der Waals surface area contributed by atoms with Gasteiger partial charge in [-0.1, -0.05) is 24.6 Å². The van der Waals surface area contributed by atoms with Gasteiger partial charge in [-0.2, -0.15) is 0 Å². The average Bonchev–Trinajstić information content (AvgIpc) is 2.29. The number of carboxylic acids is 1. The first-order valence-electron chi connectivity index (χ1n) is 5.36. The van der Waals surface area contributed by atoms with Gasteiger partial charge in [0.05, 0.1) is 5.02 Å². The Kier molecular flexibility index (Phi) is 4.92. The number of carbonyl (C=O) groups excluding carboxylic acids is 1. The number of esters is 1. The topological polar surface area (TPSA) is 63.6 Å². The standard InChI is InChI=1S/C13H13ClO4/c1-3-10-9(5-7-12(16)17)4-6-11(13(10)14)18-8(2)15/h4-7H,3H2,1-2H3,(H,16,17). The number of hydrogen-bond donors (Lipinski definition) is 1. The fourth-order valence-electron chi connectivity index (χ4n) is 1.52. The highest BCUT2D eigenvalue weighted by Crippen LogP contribution is 2.32. The van der Waals surface area contributed by atoms with Crippen LogP contribution in [0, 0.1) is 0 Å². The molecule has 18 heavy (non-hydrogen) atoms. The highest BCUT2D eigenvalue weighted by molar-refractivity contribution is 6.33. The number of hydrogen-bond acceptors (Lipinski definition) is 3. The fraction of sp³-hybridized carbons (Fsp3) is 0.231. The maximum absolute atomic E-state index is 10.9. The van der Waals surface area contributed by atoms with E-state index in [-0.39, 0.29) is 5.75 Å². The van der Waals surface area contributed by atoms with Crippen LogP contribution in [0.3, 0.4) is 0 Å². The lowest BCUT2D eigenvalue weighted by molar-refractivity contribution is -0.132. The Morgan fingerprint density at radius 2 is 2.11 bits per heavy atom. The van der Waals surface area contributed by atoms with Gasteiger partial charge in [-0.3, -0.25) is 4.79 Å². The van der Waals surface area contributed by atoms with Gasteiger partial charge in [-0.25, -0.2) is 4.79 Å². The fourth-order valence-corrected chi connectivity index (χ4v) is 1.87. The molecule has 0 aliphatic heterocycles. The van der Waals surface area contributed by atoms with Crippen LogP contribution in [0.2, 0.25) is 5.02 Å². The summed E-state index contributed by atoms with van der Waals surface area (Å²) in [6, 6.07) is 3.22. The van der Waals surface area contributed by atoms with Crippen LogP contribution in [0.15, 0.2) is 18.2 Å². The number of benzene rings is 1. The second kappa shape index (κ2) is 6.21. The molecule has 96 valence electrons. The number of aliphatic carboxylic acids is 1. The molecule has 0 atom stereocenters. The van der Waals surface area contributed by atoms with Crippen molar-refractivity contribution in [3.05, 3.63) is 34.4 Å². The van der Waals surface area contributed by atoms with Crippen LogP contribution in [-0.2, 0) is 16.0 Å². The van der Waals surface area contributed by atoms with Crippen LogP contribution in [-0.4, -0.2) is 17.0 Å². The molecule has 0 spiro atoms. The Labute approximate surface area is 110 Å². The van der Waals surface area contributed by atoms with Crippen molar-refractivity contribution < 1.29 is 19.4 Å². The molecule has 0 saturated carbocycles. The van der Waals surface area contributed by atoms with Gasteiger partial charge in [0, 0.05) is 13.0 Å². The number of rotatable bonds is 4. The van der Waals surface area contributed by atoms with Gasteiger partial charge in [0.25, 0.3) is 0 Å². The molecule has 0 aliphatic carbocycles. The molecule has 1 N–H and O–H groups in total. The number of ether oxygens (including phenoxy) is 1. The van der Waals surface area contributed by atoms with E-state index in [4.69, 9.17) is 21.4 Å². The zero-order valence-corrected chi connectivity index (χ0v) is 10.8. The van der Waals surface area contributed by atoms with E-state index in [1.165, 1.54) is 13.0 Å². The van der Waals surface area contributed by atoms with Gasteiger partial charge in [0.1, 0.15) is 5.75 Å². The molecule has 0 amide bonds. The molecule has 5 heteroatoms. The summed E-state index contributed by atoms with van der Waals surface area (Å²) in [5, 5.41) is 8.93. The van der Waals surface area contributed by atoms with Gasteiger partial charge in [0.15, 0.2) is 0 Å². The first kappa shape index (κ1) is 14.3. The lowest BCUT2D eigenvalue weighted by Gasteiger charge is -2.10. The molecular weight excluding hydrogens is 256 g/mol. The van der Waals surface area contributed by atoms with Crippen molar-refractivity contribution in [3.8, 4) is 5.75 Å². The molecule has 4 nitrogen and oxygen atoms in total. The van der Waals surface area contributed by atoms with E-state index in [0.29, 0.717) is 17.0 Å². The van der Waals surface area contributed by atoms with E-state index in [0.717, 1.165) is 11.6 Å². The Bertz CT molecular complexity index is 506. The van der Waals surface area contributed by atoms with Crippen molar-refractivity contribution in [1.29, 1.82) is 0 Å². The first-order chi connectivity index (χ1) is 8.45. The van der Waals surface area contributed by atoms with Gasteiger partial charge in [-0.05, 0) is 29.7 Å². The van der Waals surface area contributed by atoms with E-state index in [2.05, 4.69) is 0 Å². The largest absolute Gasteiger partial charge is 0.478 e. The normalized spacial score (nSPS) is 10.6. The van der Waals surface area contributed by atoms with Crippen LogP contribution in [0.1, 0.15) is 25.0 Å². The summed E-state index contributed by atoms with van der Waals surface area (Å²) in [7, 11) is 0. The van der Waals surface area contributed by atoms with Crippen LogP contribution in [0.25, 0.3) is 6.08 Å². The molecule has 0 aromatic heterocycles. The molecule has 1 aromatic rings. The van der Waals surface area contributed by atoms with Crippen LogP contribution in [0.4, 0.5) is 0 Å². The van der Waals surface area contributed by atoms with Crippen molar-refractivity contribution in [2.24, 2.45) is 0 Å². The van der Waals surface area contributed by atoms with Crippen molar-refractivity contribution >= 4 is 29.6 Å². The van der Waals surface area contributed by atoms with Crippen molar-refractivity contribution in [1.82, 2.24) is 0 Å². The highest BCUT2D eigenvalue weighted by atomic mass is 35.5. The minimum absolute atomic E-state index is 0.286. The van der Waals surface area contributed by atoms with E-state index in [1.807, 2.05) is 6.92 Å². The summed E-state index contributed by atoms with van der Waals surface area (Å²) >= 11 is 6.11. The van der Waals surface area contributed by atoms with Crippen LogP contribution < -0.4 is 4.74 Å². The Balaban J connectivity index is 3.20. The Morgan fingerprint density at radius 3 is 2.61 bits per heavy atom.